The van der Waals surface area contributed by atoms with E-state index in [2.05, 4.69) is 41.7 Å². The van der Waals surface area contributed by atoms with Crippen molar-refractivity contribution in [3.05, 3.63) is 24.8 Å². The third kappa shape index (κ3) is 4.67. The predicted octanol–water partition coefficient (Wildman–Crippen LogP) is -3.66. The van der Waals surface area contributed by atoms with Crippen molar-refractivity contribution >= 4 is 34.0 Å². The molecule has 0 amide bonds. The standard InChI is InChI=1S/C24H29N11O7/c1-33(5-10-15(37)17(39)23(41-10)34-9-31-13-19(25)27-7-29-21(13)34)4-2-3-12-32-14-20(26)28-8-30-22(14)35(12)24-18(40)16(38)11(6-36)42-24/h7-11,15-18,23-24,36-40H,4-6H2,1H3,(H2,25,27,29)(H2,26,28,30)/t10-,11-,15-,16-,17-,18-,23-,24-/m1/s1. The minimum absolute atomic E-state index is 0.0889. The fourth-order valence-corrected chi connectivity index (χ4v) is 5.14. The van der Waals surface area contributed by atoms with Crippen LogP contribution < -0.4 is 11.5 Å². The lowest BCUT2D eigenvalue weighted by Crippen LogP contribution is -2.38. The second-order valence-electron chi connectivity index (χ2n) is 10.1. The molecule has 8 atom stereocenters. The van der Waals surface area contributed by atoms with E-state index in [1.165, 1.54) is 28.1 Å². The van der Waals surface area contributed by atoms with Crippen LogP contribution in [0.15, 0.2) is 19.0 Å². The highest BCUT2D eigenvalue weighted by Gasteiger charge is 2.46. The van der Waals surface area contributed by atoms with Crippen molar-refractivity contribution in [1.82, 2.24) is 43.9 Å². The first-order chi connectivity index (χ1) is 20.2. The number of nitrogen functional groups attached to an aromatic ring is 2. The quantitative estimate of drug-likeness (QED) is 0.108. The van der Waals surface area contributed by atoms with Gasteiger partial charge in [0, 0.05) is 6.54 Å². The Balaban J connectivity index is 1.19. The van der Waals surface area contributed by atoms with Crippen molar-refractivity contribution in [2.24, 2.45) is 0 Å². The average Bonchev–Trinajstić information content (AvgIpc) is 3.70. The predicted molar refractivity (Wildman–Crippen MR) is 143 cm³/mol. The molecule has 0 saturated carbocycles. The summed E-state index contributed by atoms with van der Waals surface area (Å²) in [4.78, 5) is 26.6. The zero-order valence-corrected chi connectivity index (χ0v) is 22.2. The number of nitrogens with zero attached hydrogens (tertiary/aromatic N) is 9. The minimum atomic E-state index is -1.39. The highest BCUT2D eigenvalue weighted by molar-refractivity contribution is 5.82. The van der Waals surface area contributed by atoms with Gasteiger partial charge in [0.1, 0.15) is 54.8 Å². The van der Waals surface area contributed by atoms with Crippen molar-refractivity contribution in [3.63, 3.8) is 0 Å². The number of hydrogen-bond acceptors (Lipinski definition) is 16. The van der Waals surface area contributed by atoms with Gasteiger partial charge in [-0.25, -0.2) is 29.9 Å². The highest BCUT2D eigenvalue weighted by atomic mass is 16.6. The molecule has 4 aromatic rings. The van der Waals surface area contributed by atoms with Crippen molar-refractivity contribution in [2.45, 2.75) is 49.1 Å². The highest BCUT2D eigenvalue weighted by Crippen LogP contribution is 2.34. The second-order valence-corrected chi connectivity index (χ2v) is 10.1. The van der Waals surface area contributed by atoms with Gasteiger partial charge in [0.2, 0.25) is 0 Å². The van der Waals surface area contributed by atoms with Crippen LogP contribution in [0.25, 0.3) is 22.3 Å². The summed E-state index contributed by atoms with van der Waals surface area (Å²) in [6, 6.07) is 0. The van der Waals surface area contributed by atoms with E-state index in [4.69, 9.17) is 20.9 Å². The smallest absolute Gasteiger partial charge is 0.190 e. The average molecular weight is 584 g/mol. The fourth-order valence-electron chi connectivity index (χ4n) is 5.14. The number of rotatable bonds is 6. The number of aromatic nitrogens is 8. The van der Waals surface area contributed by atoms with Gasteiger partial charge in [-0.2, -0.15) is 0 Å². The van der Waals surface area contributed by atoms with E-state index in [0.29, 0.717) is 11.2 Å². The van der Waals surface area contributed by atoms with Crippen LogP contribution in [0.1, 0.15) is 18.3 Å². The summed E-state index contributed by atoms with van der Waals surface area (Å²) < 4.78 is 14.6. The SMILES string of the molecule is CN(CC#Cc1nc2c(N)ncnc2n1[C@@H]1O[C@H](CO)[C@@H](O)[C@H]1O)C[C@H]1O[C@@H](n2cnc3c(N)ncnc32)[C@H](O)[C@@H]1O. The first-order valence-corrected chi connectivity index (χ1v) is 12.9. The number of aliphatic hydroxyl groups excluding tert-OH is 5. The van der Waals surface area contributed by atoms with Gasteiger partial charge in [0.05, 0.1) is 19.5 Å². The lowest BCUT2D eigenvalue weighted by Gasteiger charge is -2.21. The molecule has 222 valence electrons. The first kappa shape index (κ1) is 28.1. The van der Waals surface area contributed by atoms with Crippen LogP contribution in [0.2, 0.25) is 0 Å². The summed E-state index contributed by atoms with van der Waals surface area (Å²) in [6.45, 7) is -0.115. The molecular weight excluding hydrogens is 554 g/mol. The topological polar surface area (TPSA) is 262 Å². The number of aliphatic hydroxyl groups is 5. The molecule has 2 aliphatic rings. The third-order valence-corrected chi connectivity index (χ3v) is 7.32. The Hall–Kier alpha value is -4.06. The summed E-state index contributed by atoms with van der Waals surface area (Å²) in [5, 5.41) is 51.9. The Labute approximate surface area is 237 Å². The number of ether oxygens (including phenoxy) is 2. The van der Waals surface area contributed by atoms with E-state index in [9.17, 15) is 25.5 Å². The van der Waals surface area contributed by atoms with Gasteiger partial charge < -0.3 is 46.5 Å². The molecule has 42 heavy (non-hydrogen) atoms. The van der Waals surface area contributed by atoms with Crippen LogP contribution in [-0.2, 0) is 9.47 Å². The molecule has 2 saturated heterocycles. The van der Waals surface area contributed by atoms with Crippen LogP contribution in [0.3, 0.4) is 0 Å². The Kier molecular flexibility index (Phi) is 7.34. The summed E-state index contributed by atoms with van der Waals surface area (Å²) in [7, 11) is 1.75. The maximum atomic E-state index is 10.7. The molecule has 6 rings (SSSR count). The van der Waals surface area contributed by atoms with Gasteiger partial charge in [0.15, 0.2) is 46.7 Å². The van der Waals surface area contributed by atoms with E-state index in [1.807, 2.05) is 0 Å². The zero-order chi connectivity index (χ0) is 29.7. The molecule has 0 bridgehead atoms. The van der Waals surface area contributed by atoms with E-state index in [-0.39, 0.29) is 41.7 Å². The second kappa shape index (κ2) is 11.0. The largest absolute Gasteiger partial charge is 0.394 e. The Morgan fingerprint density at radius 3 is 2.21 bits per heavy atom. The number of anilines is 2. The monoisotopic (exact) mass is 583 g/mol. The Morgan fingerprint density at radius 1 is 0.857 bits per heavy atom. The molecule has 2 fully saturated rings. The number of fused-ring (bicyclic) bond motifs is 2. The molecular formula is C24H29N11O7. The number of likely N-dealkylation sites (N-methyl/N-ethyl adjacent to an activating group) is 1. The molecule has 6 heterocycles. The number of nitrogens with two attached hydrogens (primary N) is 2. The lowest BCUT2D eigenvalue weighted by molar-refractivity contribution is -0.0514. The first-order valence-electron chi connectivity index (χ1n) is 12.9. The van der Waals surface area contributed by atoms with Crippen LogP contribution in [0.4, 0.5) is 11.6 Å². The molecule has 0 aromatic carbocycles. The van der Waals surface area contributed by atoms with Gasteiger partial charge in [-0.3, -0.25) is 14.0 Å². The van der Waals surface area contributed by atoms with Crippen molar-refractivity contribution in [1.29, 1.82) is 0 Å². The maximum Gasteiger partial charge on any atom is 0.190 e. The van der Waals surface area contributed by atoms with E-state index in [1.54, 1.807) is 11.9 Å². The minimum Gasteiger partial charge on any atom is -0.394 e. The van der Waals surface area contributed by atoms with Gasteiger partial charge in [-0.15, -0.1) is 0 Å². The molecule has 0 spiro atoms. The molecule has 18 nitrogen and oxygen atoms in total. The summed E-state index contributed by atoms with van der Waals surface area (Å²) >= 11 is 0. The molecule has 0 radical (unpaired) electrons. The van der Waals surface area contributed by atoms with Crippen LogP contribution in [-0.4, -0.2) is 133 Å². The number of imidazole rings is 2. The van der Waals surface area contributed by atoms with Crippen molar-refractivity contribution in [3.8, 4) is 11.8 Å². The molecule has 0 aliphatic carbocycles. The Bertz CT molecular complexity index is 1670. The lowest BCUT2D eigenvalue weighted by atomic mass is 10.1. The molecule has 18 heteroatoms. The van der Waals surface area contributed by atoms with Crippen LogP contribution in [0, 0.1) is 11.8 Å². The summed E-state index contributed by atoms with van der Waals surface area (Å²) in [5.41, 5.74) is 13.0. The van der Waals surface area contributed by atoms with Gasteiger partial charge in [0.25, 0.3) is 0 Å². The van der Waals surface area contributed by atoms with Gasteiger partial charge in [-0.05, 0) is 13.0 Å². The molecule has 0 unspecified atom stereocenters. The van der Waals surface area contributed by atoms with Gasteiger partial charge in [-0.1, -0.05) is 5.92 Å². The van der Waals surface area contributed by atoms with E-state index in [0.717, 1.165) is 0 Å². The number of hydrogen-bond donors (Lipinski definition) is 7. The van der Waals surface area contributed by atoms with E-state index < -0.39 is 55.7 Å². The molecule has 9 N–H and O–H groups in total. The van der Waals surface area contributed by atoms with Crippen molar-refractivity contribution < 1.29 is 35.0 Å². The third-order valence-electron chi connectivity index (χ3n) is 7.32. The fraction of sp³-hybridized carbons (Fsp3) is 0.500. The Morgan fingerprint density at radius 2 is 1.50 bits per heavy atom. The molecule has 4 aromatic heterocycles. The molecule has 2 aliphatic heterocycles. The van der Waals surface area contributed by atoms with Crippen LogP contribution in [0.5, 0.6) is 0 Å². The zero-order valence-electron chi connectivity index (χ0n) is 22.2. The van der Waals surface area contributed by atoms with Gasteiger partial charge >= 0.3 is 0 Å². The van der Waals surface area contributed by atoms with Crippen molar-refractivity contribution in [2.75, 3.05) is 38.2 Å². The van der Waals surface area contributed by atoms with Crippen LogP contribution >= 0.6 is 0 Å². The van der Waals surface area contributed by atoms with E-state index >= 15 is 0 Å². The normalized spacial score (nSPS) is 29.5. The summed E-state index contributed by atoms with van der Waals surface area (Å²) in [5.74, 6) is 6.31. The maximum absolute atomic E-state index is 10.7. The summed E-state index contributed by atoms with van der Waals surface area (Å²) in [6.07, 6.45) is -5.16.